The molecule has 2 N–H and O–H groups in total. The van der Waals surface area contributed by atoms with Crippen molar-refractivity contribution >= 4 is 0 Å². The Morgan fingerprint density at radius 1 is 1.00 bits per heavy atom. The van der Waals surface area contributed by atoms with Crippen molar-refractivity contribution in [3.63, 3.8) is 0 Å². The first-order valence-electron chi connectivity index (χ1n) is 6.57. The van der Waals surface area contributed by atoms with Crippen LogP contribution in [0.15, 0.2) is 0 Å². The predicted molar refractivity (Wildman–Crippen MR) is 69.4 cm³/mol. The summed E-state index contributed by atoms with van der Waals surface area (Å²) in [6.45, 7) is 10.3. The van der Waals surface area contributed by atoms with Gasteiger partial charge in [0.25, 0.3) is 0 Å². The standard InChI is InChI=1S/C14H30O2/c1-6-7-8-9-10-14(5,11-15)12(16)13(2,3)4/h12,15-16H,6-11H2,1-5H3. The molecule has 16 heavy (non-hydrogen) atoms. The van der Waals surface area contributed by atoms with Crippen LogP contribution in [0, 0.1) is 10.8 Å². The van der Waals surface area contributed by atoms with Gasteiger partial charge in [-0.15, -0.1) is 0 Å². The van der Waals surface area contributed by atoms with E-state index < -0.39 is 6.10 Å². The van der Waals surface area contributed by atoms with Gasteiger partial charge < -0.3 is 10.2 Å². The Morgan fingerprint density at radius 2 is 1.56 bits per heavy atom. The fourth-order valence-electron chi connectivity index (χ4n) is 2.30. The minimum absolute atomic E-state index is 0.0670. The van der Waals surface area contributed by atoms with Gasteiger partial charge in [0.15, 0.2) is 0 Å². The van der Waals surface area contributed by atoms with E-state index in [1.165, 1.54) is 19.3 Å². The quantitative estimate of drug-likeness (QED) is 0.658. The lowest BCUT2D eigenvalue weighted by molar-refractivity contribution is -0.0724. The SMILES string of the molecule is CCCCCCC(C)(CO)C(O)C(C)(C)C. The molecule has 0 saturated heterocycles. The molecule has 0 bridgehead atoms. The van der Waals surface area contributed by atoms with Gasteiger partial charge in [0, 0.05) is 5.41 Å². The van der Waals surface area contributed by atoms with Crippen molar-refractivity contribution in [3.05, 3.63) is 0 Å². The lowest BCUT2D eigenvalue weighted by Crippen LogP contribution is -2.44. The van der Waals surface area contributed by atoms with Gasteiger partial charge in [-0.2, -0.15) is 0 Å². The molecule has 0 saturated carbocycles. The maximum atomic E-state index is 10.3. The molecule has 0 rings (SSSR count). The number of rotatable bonds is 7. The van der Waals surface area contributed by atoms with E-state index in [-0.39, 0.29) is 17.4 Å². The van der Waals surface area contributed by atoms with Gasteiger partial charge >= 0.3 is 0 Å². The van der Waals surface area contributed by atoms with Crippen molar-refractivity contribution in [3.8, 4) is 0 Å². The van der Waals surface area contributed by atoms with Crippen molar-refractivity contribution in [2.75, 3.05) is 6.61 Å². The molecule has 0 heterocycles. The van der Waals surface area contributed by atoms with Crippen LogP contribution in [0.3, 0.4) is 0 Å². The zero-order valence-corrected chi connectivity index (χ0v) is 11.7. The molecule has 0 radical (unpaired) electrons. The van der Waals surface area contributed by atoms with E-state index in [4.69, 9.17) is 0 Å². The normalized spacial score (nSPS) is 18.2. The summed E-state index contributed by atoms with van der Waals surface area (Å²) >= 11 is 0. The molecular weight excluding hydrogens is 200 g/mol. The lowest BCUT2D eigenvalue weighted by atomic mass is 9.70. The minimum Gasteiger partial charge on any atom is -0.396 e. The number of hydrogen-bond donors (Lipinski definition) is 2. The van der Waals surface area contributed by atoms with Gasteiger partial charge in [-0.25, -0.2) is 0 Å². The monoisotopic (exact) mass is 230 g/mol. The molecule has 0 aromatic rings. The minimum atomic E-state index is -0.452. The van der Waals surface area contributed by atoms with Gasteiger partial charge in [-0.3, -0.25) is 0 Å². The second-order valence-electron chi connectivity index (χ2n) is 6.39. The summed E-state index contributed by atoms with van der Waals surface area (Å²) in [4.78, 5) is 0. The molecule has 0 aliphatic heterocycles. The molecule has 0 spiro atoms. The third-order valence-corrected chi connectivity index (χ3v) is 3.44. The van der Waals surface area contributed by atoms with Crippen LogP contribution in [0.2, 0.25) is 0 Å². The molecule has 0 aliphatic carbocycles. The molecule has 98 valence electrons. The molecule has 0 fully saturated rings. The van der Waals surface area contributed by atoms with Gasteiger partial charge in [0.1, 0.15) is 0 Å². The van der Waals surface area contributed by atoms with E-state index in [0.717, 1.165) is 12.8 Å². The van der Waals surface area contributed by atoms with E-state index in [2.05, 4.69) is 6.92 Å². The van der Waals surface area contributed by atoms with Crippen molar-refractivity contribution in [1.82, 2.24) is 0 Å². The number of unbranched alkanes of at least 4 members (excludes halogenated alkanes) is 3. The molecule has 2 heteroatoms. The van der Waals surface area contributed by atoms with Crippen molar-refractivity contribution in [2.24, 2.45) is 10.8 Å². The Morgan fingerprint density at radius 3 is 1.94 bits per heavy atom. The highest BCUT2D eigenvalue weighted by Gasteiger charge is 2.39. The molecular formula is C14H30O2. The number of aliphatic hydroxyl groups excluding tert-OH is 2. The maximum Gasteiger partial charge on any atom is 0.0663 e. The van der Waals surface area contributed by atoms with Gasteiger partial charge in [-0.05, 0) is 11.8 Å². The lowest BCUT2D eigenvalue weighted by Gasteiger charge is -2.40. The smallest absolute Gasteiger partial charge is 0.0663 e. The first kappa shape index (κ1) is 15.9. The second kappa shape index (κ2) is 6.61. The van der Waals surface area contributed by atoms with Crippen LogP contribution in [0.25, 0.3) is 0 Å². The van der Waals surface area contributed by atoms with E-state index in [1.54, 1.807) is 0 Å². The Bertz CT molecular complexity index is 184. The highest BCUT2D eigenvalue weighted by molar-refractivity contribution is 4.89. The third kappa shape index (κ3) is 4.84. The summed E-state index contributed by atoms with van der Waals surface area (Å²) in [7, 11) is 0. The van der Waals surface area contributed by atoms with Crippen LogP contribution < -0.4 is 0 Å². The van der Waals surface area contributed by atoms with Crippen LogP contribution in [-0.2, 0) is 0 Å². The first-order valence-corrected chi connectivity index (χ1v) is 6.57. The predicted octanol–water partition coefficient (Wildman–Crippen LogP) is 3.36. The summed E-state index contributed by atoms with van der Waals surface area (Å²) in [5, 5.41) is 19.8. The summed E-state index contributed by atoms with van der Waals surface area (Å²) in [5.41, 5.74) is -0.520. The van der Waals surface area contributed by atoms with Crippen LogP contribution in [0.1, 0.15) is 66.7 Å². The molecule has 0 amide bonds. The summed E-state index contributed by atoms with van der Waals surface area (Å²) in [5.74, 6) is 0. The van der Waals surface area contributed by atoms with Gasteiger partial charge in [0.05, 0.1) is 12.7 Å². The Labute approximate surface area is 101 Å². The summed E-state index contributed by atoms with van der Waals surface area (Å²) in [6, 6.07) is 0. The maximum absolute atomic E-state index is 10.3. The topological polar surface area (TPSA) is 40.5 Å². The van der Waals surface area contributed by atoms with Crippen LogP contribution in [0.4, 0.5) is 0 Å². The molecule has 2 unspecified atom stereocenters. The van der Waals surface area contributed by atoms with E-state index >= 15 is 0 Å². The molecule has 0 aromatic heterocycles. The fraction of sp³-hybridized carbons (Fsp3) is 1.00. The summed E-state index contributed by atoms with van der Waals surface area (Å²) < 4.78 is 0. The van der Waals surface area contributed by atoms with Crippen LogP contribution in [-0.4, -0.2) is 22.9 Å². The number of hydrogen-bond acceptors (Lipinski definition) is 2. The largest absolute Gasteiger partial charge is 0.396 e. The van der Waals surface area contributed by atoms with Crippen LogP contribution >= 0.6 is 0 Å². The van der Waals surface area contributed by atoms with E-state index in [9.17, 15) is 10.2 Å². The Kier molecular flexibility index (Phi) is 6.57. The molecule has 2 nitrogen and oxygen atoms in total. The van der Waals surface area contributed by atoms with Gasteiger partial charge in [-0.1, -0.05) is 60.3 Å². The summed E-state index contributed by atoms with van der Waals surface area (Å²) in [6.07, 6.45) is 5.21. The van der Waals surface area contributed by atoms with E-state index in [0.29, 0.717) is 0 Å². The highest BCUT2D eigenvalue weighted by atomic mass is 16.3. The fourth-order valence-corrected chi connectivity index (χ4v) is 2.30. The Balaban J connectivity index is 4.30. The van der Waals surface area contributed by atoms with Crippen LogP contribution in [0.5, 0.6) is 0 Å². The third-order valence-electron chi connectivity index (χ3n) is 3.44. The Hall–Kier alpha value is -0.0800. The van der Waals surface area contributed by atoms with E-state index in [1.807, 2.05) is 27.7 Å². The number of aliphatic hydroxyl groups is 2. The average Bonchev–Trinajstić information content (AvgIpc) is 2.22. The second-order valence-corrected chi connectivity index (χ2v) is 6.39. The first-order chi connectivity index (χ1) is 7.28. The molecule has 2 atom stereocenters. The van der Waals surface area contributed by atoms with Crippen molar-refractivity contribution in [1.29, 1.82) is 0 Å². The van der Waals surface area contributed by atoms with Crippen molar-refractivity contribution < 1.29 is 10.2 Å². The van der Waals surface area contributed by atoms with Gasteiger partial charge in [0.2, 0.25) is 0 Å². The zero-order valence-electron chi connectivity index (χ0n) is 11.7. The molecule has 0 aliphatic rings. The molecule has 0 aromatic carbocycles. The zero-order chi connectivity index (χ0) is 12.8. The van der Waals surface area contributed by atoms with Crippen molar-refractivity contribution in [2.45, 2.75) is 72.8 Å². The highest BCUT2D eigenvalue weighted by Crippen LogP contribution is 2.37. The average molecular weight is 230 g/mol.